The van der Waals surface area contributed by atoms with E-state index in [0.717, 1.165) is 0 Å². The first-order valence-electron chi connectivity index (χ1n) is 6.51. The van der Waals surface area contributed by atoms with Crippen molar-refractivity contribution in [1.29, 1.82) is 0 Å². The van der Waals surface area contributed by atoms with Gasteiger partial charge in [0.1, 0.15) is 5.84 Å². The predicted molar refractivity (Wildman–Crippen MR) is 80.8 cm³/mol. The zero-order valence-corrected chi connectivity index (χ0v) is 12.8. The molecule has 0 saturated heterocycles. The molecule has 116 valence electrons. The van der Waals surface area contributed by atoms with Crippen LogP contribution in [0.3, 0.4) is 0 Å². The van der Waals surface area contributed by atoms with Crippen LogP contribution in [0, 0.1) is 11.8 Å². The molecule has 8 heteroatoms. The lowest BCUT2D eigenvalue weighted by Crippen LogP contribution is -2.25. The van der Waals surface area contributed by atoms with Crippen molar-refractivity contribution < 1.29 is 14.7 Å². The van der Waals surface area contributed by atoms with E-state index in [1.54, 1.807) is 0 Å². The summed E-state index contributed by atoms with van der Waals surface area (Å²) in [4.78, 5) is 22.0. The van der Waals surface area contributed by atoms with Crippen molar-refractivity contribution >= 4 is 29.7 Å². The van der Waals surface area contributed by atoms with Gasteiger partial charge in [-0.25, -0.2) is 0 Å². The Morgan fingerprint density at radius 2 is 1.90 bits per heavy atom. The van der Waals surface area contributed by atoms with Gasteiger partial charge in [-0.2, -0.15) is 5.10 Å². The van der Waals surface area contributed by atoms with Crippen molar-refractivity contribution in [2.45, 2.75) is 39.5 Å². The minimum Gasteiger partial charge on any atom is -0.481 e. The van der Waals surface area contributed by atoms with Crippen LogP contribution < -0.4 is 16.3 Å². The van der Waals surface area contributed by atoms with Crippen LogP contribution in [0.2, 0.25) is 0 Å². The molecule has 0 bridgehead atoms. The Morgan fingerprint density at radius 1 is 1.30 bits per heavy atom. The molecule has 2 unspecified atom stereocenters. The quantitative estimate of drug-likeness (QED) is 0.118. The molecule has 1 amide bonds. The fourth-order valence-electron chi connectivity index (χ4n) is 1.55. The summed E-state index contributed by atoms with van der Waals surface area (Å²) in [6.45, 7) is 3.97. The Bertz CT molecular complexity index is 350. The summed E-state index contributed by atoms with van der Waals surface area (Å²) < 4.78 is 2.71. The number of hydrogen-bond donors (Lipinski definition) is 4. The first kappa shape index (κ1) is 18.6. The maximum atomic E-state index is 11.7. The second-order valence-electron chi connectivity index (χ2n) is 4.85. The number of nitrogens with zero attached hydrogens (tertiary/aromatic N) is 1. The number of rotatable bonds is 10. The average molecular weight is 304 g/mol. The SMILES string of the molecule is CC(CC(=O)NSCCCC(=O)O)C(C)C/C(N)=N/N. The highest BCUT2D eigenvalue weighted by atomic mass is 32.2. The molecule has 0 aromatic rings. The average Bonchev–Trinajstić information content (AvgIpc) is 2.37. The zero-order chi connectivity index (χ0) is 15.5. The lowest BCUT2D eigenvalue weighted by Gasteiger charge is -2.18. The van der Waals surface area contributed by atoms with Gasteiger partial charge in [0.25, 0.3) is 0 Å². The van der Waals surface area contributed by atoms with Gasteiger partial charge < -0.3 is 21.4 Å². The number of carboxylic acids is 1. The number of aliphatic carboxylic acids is 1. The second kappa shape index (κ2) is 10.4. The number of carbonyl (C=O) groups is 2. The highest BCUT2D eigenvalue weighted by Gasteiger charge is 2.17. The molecule has 7 nitrogen and oxygen atoms in total. The van der Waals surface area contributed by atoms with E-state index >= 15 is 0 Å². The van der Waals surface area contributed by atoms with Gasteiger partial charge in [0, 0.05) is 25.0 Å². The summed E-state index contributed by atoms with van der Waals surface area (Å²) in [6.07, 6.45) is 1.62. The first-order valence-corrected chi connectivity index (χ1v) is 7.50. The van der Waals surface area contributed by atoms with E-state index in [2.05, 4.69) is 9.82 Å². The van der Waals surface area contributed by atoms with E-state index in [0.29, 0.717) is 30.9 Å². The number of amidine groups is 1. The Kier molecular flexibility index (Phi) is 9.61. The maximum Gasteiger partial charge on any atom is 0.303 e. The fourth-order valence-corrected chi connectivity index (χ4v) is 2.18. The van der Waals surface area contributed by atoms with Gasteiger partial charge in [0.15, 0.2) is 0 Å². The van der Waals surface area contributed by atoms with Crippen molar-refractivity contribution in [2.24, 2.45) is 28.5 Å². The summed E-state index contributed by atoms with van der Waals surface area (Å²) in [6, 6.07) is 0. The smallest absolute Gasteiger partial charge is 0.303 e. The van der Waals surface area contributed by atoms with E-state index in [1.165, 1.54) is 11.9 Å². The minimum absolute atomic E-state index is 0.0621. The van der Waals surface area contributed by atoms with Crippen LogP contribution >= 0.6 is 11.9 Å². The van der Waals surface area contributed by atoms with Gasteiger partial charge in [-0.3, -0.25) is 9.59 Å². The third-order valence-electron chi connectivity index (χ3n) is 3.00. The lowest BCUT2D eigenvalue weighted by atomic mass is 9.90. The van der Waals surface area contributed by atoms with Crippen molar-refractivity contribution in [3.63, 3.8) is 0 Å². The molecular weight excluding hydrogens is 280 g/mol. The molecule has 0 aromatic heterocycles. The third-order valence-corrected chi connectivity index (χ3v) is 3.86. The van der Waals surface area contributed by atoms with Crippen LogP contribution in [0.4, 0.5) is 0 Å². The van der Waals surface area contributed by atoms with Gasteiger partial charge in [-0.15, -0.1) is 0 Å². The van der Waals surface area contributed by atoms with Crippen LogP contribution in [0.15, 0.2) is 5.10 Å². The van der Waals surface area contributed by atoms with Gasteiger partial charge in [0.2, 0.25) is 5.91 Å². The molecule has 0 fully saturated rings. The highest BCUT2D eigenvalue weighted by molar-refractivity contribution is 7.97. The molecule has 0 rings (SSSR count). The number of hydrogen-bond acceptors (Lipinski definition) is 5. The van der Waals surface area contributed by atoms with E-state index in [-0.39, 0.29) is 24.2 Å². The molecular formula is C12H24N4O3S. The Hall–Kier alpha value is -1.44. The van der Waals surface area contributed by atoms with Crippen molar-refractivity contribution in [1.82, 2.24) is 4.72 Å². The van der Waals surface area contributed by atoms with E-state index in [4.69, 9.17) is 16.7 Å². The normalized spacial score (nSPS) is 14.6. The van der Waals surface area contributed by atoms with Crippen LogP contribution in [-0.2, 0) is 9.59 Å². The van der Waals surface area contributed by atoms with Gasteiger partial charge >= 0.3 is 5.97 Å². The number of nitrogens with two attached hydrogens (primary N) is 2. The van der Waals surface area contributed by atoms with E-state index in [1.807, 2.05) is 13.8 Å². The predicted octanol–water partition coefficient (Wildman–Crippen LogP) is 0.899. The number of amides is 1. The molecule has 0 spiro atoms. The van der Waals surface area contributed by atoms with Crippen molar-refractivity contribution in [3.8, 4) is 0 Å². The molecule has 6 N–H and O–H groups in total. The van der Waals surface area contributed by atoms with Crippen LogP contribution in [0.5, 0.6) is 0 Å². The number of carbonyl (C=O) groups excluding carboxylic acids is 1. The summed E-state index contributed by atoms with van der Waals surface area (Å²) in [5, 5.41) is 11.9. The van der Waals surface area contributed by atoms with Crippen molar-refractivity contribution in [3.05, 3.63) is 0 Å². The van der Waals surface area contributed by atoms with Gasteiger partial charge in [-0.1, -0.05) is 25.8 Å². The van der Waals surface area contributed by atoms with Gasteiger partial charge in [0.05, 0.1) is 0 Å². The number of nitrogens with one attached hydrogen (secondary N) is 1. The Balaban J connectivity index is 3.81. The highest BCUT2D eigenvalue weighted by Crippen LogP contribution is 2.18. The molecule has 0 aliphatic heterocycles. The van der Waals surface area contributed by atoms with Gasteiger partial charge in [-0.05, 0) is 18.3 Å². The summed E-state index contributed by atoms with van der Waals surface area (Å²) in [5.41, 5.74) is 5.55. The number of carboxylic acid groups (broad SMARTS) is 1. The maximum absolute atomic E-state index is 11.7. The molecule has 0 aromatic carbocycles. The van der Waals surface area contributed by atoms with Crippen molar-refractivity contribution in [2.75, 3.05) is 5.75 Å². The van der Waals surface area contributed by atoms with Crippen LogP contribution in [-0.4, -0.2) is 28.6 Å². The molecule has 0 aliphatic carbocycles. The molecule has 0 heterocycles. The van der Waals surface area contributed by atoms with E-state index < -0.39 is 5.97 Å². The standard InChI is InChI=1S/C12H24N4O3S/c1-8(6-10(13)15-14)9(2)7-11(17)16-20-5-3-4-12(18)19/h8-9H,3-7,14H2,1-2H3,(H2,13,15)(H,16,17)(H,18,19). The topological polar surface area (TPSA) is 131 Å². The van der Waals surface area contributed by atoms with E-state index in [9.17, 15) is 9.59 Å². The fraction of sp³-hybridized carbons (Fsp3) is 0.750. The molecule has 0 aliphatic rings. The summed E-state index contributed by atoms with van der Waals surface area (Å²) >= 11 is 1.24. The van der Waals surface area contributed by atoms with Crippen LogP contribution in [0.1, 0.15) is 39.5 Å². The first-order chi connectivity index (χ1) is 9.36. The molecule has 2 atom stereocenters. The number of hydrazone groups is 1. The Morgan fingerprint density at radius 3 is 2.45 bits per heavy atom. The molecule has 0 saturated carbocycles. The third kappa shape index (κ3) is 9.48. The monoisotopic (exact) mass is 304 g/mol. The Labute approximate surface area is 123 Å². The van der Waals surface area contributed by atoms with Crippen LogP contribution in [0.25, 0.3) is 0 Å². The lowest BCUT2D eigenvalue weighted by molar-refractivity contribution is -0.137. The second-order valence-corrected chi connectivity index (χ2v) is 5.76. The molecule has 20 heavy (non-hydrogen) atoms. The minimum atomic E-state index is -0.821. The summed E-state index contributed by atoms with van der Waals surface area (Å²) in [7, 11) is 0. The zero-order valence-electron chi connectivity index (χ0n) is 12.0. The molecule has 0 radical (unpaired) electrons. The summed E-state index contributed by atoms with van der Waals surface area (Å²) in [5.74, 6) is 5.54. The largest absolute Gasteiger partial charge is 0.481 e.